The second kappa shape index (κ2) is 5.35. The Labute approximate surface area is 110 Å². The number of aliphatic imine (C=N–C) groups is 1. The molecule has 0 spiro atoms. The Morgan fingerprint density at radius 3 is 2.61 bits per heavy atom. The lowest BCUT2D eigenvalue weighted by Crippen LogP contribution is -2.41. The van der Waals surface area contributed by atoms with E-state index < -0.39 is 6.04 Å². The van der Waals surface area contributed by atoms with Gasteiger partial charge in [0.2, 0.25) is 5.91 Å². The Morgan fingerprint density at radius 1 is 1.39 bits per heavy atom. The van der Waals surface area contributed by atoms with E-state index in [9.17, 15) is 9.59 Å². The zero-order valence-corrected chi connectivity index (χ0v) is 11.1. The first-order chi connectivity index (χ1) is 8.63. The molecule has 2 rings (SSSR count). The predicted molar refractivity (Wildman–Crippen MR) is 72.4 cm³/mol. The van der Waals surface area contributed by atoms with Crippen molar-refractivity contribution in [1.82, 2.24) is 4.90 Å². The van der Waals surface area contributed by atoms with Crippen LogP contribution in [0, 0.1) is 0 Å². The molecular formula is C13H14N2O2S. The van der Waals surface area contributed by atoms with Gasteiger partial charge in [0.1, 0.15) is 6.04 Å². The number of nitrogens with zero attached hydrogens (tertiary/aromatic N) is 2. The summed E-state index contributed by atoms with van der Waals surface area (Å²) >= 11 is 1.32. The summed E-state index contributed by atoms with van der Waals surface area (Å²) < 4.78 is 0. The van der Waals surface area contributed by atoms with Gasteiger partial charge in [-0.25, -0.2) is 0 Å². The van der Waals surface area contributed by atoms with E-state index in [0.717, 1.165) is 5.56 Å². The van der Waals surface area contributed by atoms with Crippen LogP contribution in [0.4, 0.5) is 0 Å². The summed E-state index contributed by atoms with van der Waals surface area (Å²) in [4.78, 5) is 28.9. The molecule has 4 nitrogen and oxygen atoms in total. The van der Waals surface area contributed by atoms with Crippen molar-refractivity contribution in [2.45, 2.75) is 19.4 Å². The number of carbonyl (C=O) groups excluding carboxylic acids is 2. The van der Waals surface area contributed by atoms with E-state index in [1.807, 2.05) is 36.6 Å². The average molecular weight is 262 g/mol. The average Bonchev–Trinajstić information content (AvgIpc) is 2.67. The largest absolute Gasteiger partial charge is 0.278 e. The van der Waals surface area contributed by atoms with Crippen molar-refractivity contribution < 1.29 is 9.59 Å². The number of rotatable bonds is 2. The number of amidine groups is 1. The molecule has 0 bridgehead atoms. The van der Waals surface area contributed by atoms with Crippen LogP contribution in [0.1, 0.15) is 12.5 Å². The van der Waals surface area contributed by atoms with Crippen molar-refractivity contribution in [3.8, 4) is 0 Å². The van der Waals surface area contributed by atoms with Crippen LogP contribution in [0.25, 0.3) is 0 Å². The molecule has 0 aromatic heterocycles. The highest BCUT2D eigenvalue weighted by Gasteiger charge is 2.37. The molecule has 1 heterocycles. The van der Waals surface area contributed by atoms with Crippen LogP contribution in [-0.2, 0) is 16.0 Å². The van der Waals surface area contributed by atoms with Gasteiger partial charge < -0.3 is 0 Å². The third kappa shape index (κ3) is 2.46. The number of thioether (sulfide) groups is 1. The molecule has 1 atom stereocenters. The molecule has 94 valence electrons. The van der Waals surface area contributed by atoms with E-state index in [2.05, 4.69) is 4.99 Å². The Balaban J connectivity index is 2.22. The fourth-order valence-corrected chi connectivity index (χ4v) is 2.61. The van der Waals surface area contributed by atoms with Gasteiger partial charge in [0, 0.05) is 13.3 Å². The van der Waals surface area contributed by atoms with Gasteiger partial charge in [-0.1, -0.05) is 42.1 Å². The summed E-state index contributed by atoms with van der Waals surface area (Å²) in [5, 5.41) is 0.494. The minimum atomic E-state index is -0.493. The van der Waals surface area contributed by atoms with Crippen LogP contribution in [0.3, 0.4) is 0 Å². The molecular weight excluding hydrogens is 248 g/mol. The lowest BCUT2D eigenvalue weighted by Gasteiger charge is -2.22. The van der Waals surface area contributed by atoms with E-state index >= 15 is 0 Å². The van der Waals surface area contributed by atoms with Crippen molar-refractivity contribution >= 4 is 28.7 Å². The standard InChI is InChI=1S/C13H14N2O2S/c1-9(16)15-11(12(17)14-13(15)18-2)8-10-6-4-3-5-7-10/h3-7,11H,8H2,1-2H3. The number of benzene rings is 1. The lowest BCUT2D eigenvalue weighted by atomic mass is 10.1. The van der Waals surface area contributed by atoms with E-state index in [0.29, 0.717) is 11.6 Å². The Morgan fingerprint density at radius 2 is 2.06 bits per heavy atom. The van der Waals surface area contributed by atoms with Crippen molar-refractivity contribution in [3.63, 3.8) is 0 Å². The van der Waals surface area contributed by atoms with Crippen molar-refractivity contribution in [1.29, 1.82) is 0 Å². The van der Waals surface area contributed by atoms with Crippen molar-refractivity contribution in [3.05, 3.63) is 35.9 Å². The minimum Gasteiger partial charge on any atom is -0.278 e. The van der Waals surface area contributed by atoms with Gasteiger partial charge in [-0.05, 0) is 11.8 Å². The van der Waals surface area contributed by atoms with Crippen LogP contribution in [0.2, 0.25) is 0 Å². The second-order valence-corrected chi connectivity index (χ2v) is 4.80. The molecule has 1 aromatic carbocycles. The summed E-state index contributed by atoms with van der Waals surface area (Å²) in [5.41, 5.74) is 1.03. The van der Waals surface area contributed by atoms with E-state index in [1.165, 1.54) is 23.6 Å². The molecule has 0 fully saturated rings. The van der Waals surface area contributed by atoms with Crippen LogP contribution >= 0.6 is 11.8 Å². The monoisotopic (exact) mass is 262 g/mol. The van der Waals surface area contributed by atoms with Crippen LogP contribution in [0.15, 0.2) is 35.3 Å². The fourth-order valence-electron chi connectivity index (χ4n) is 1.98. The number of amides is 2. The first kappa shape index (κ1) is 12.8. The van der Waals surface area contributed by atoms with E-state index in [1.54, 1.807) is 0 Å². The van der Waals surface area contributed by atoms with Gasteiger partial charge >= 0.3 is 0 Å². The Kier molecular flexibility index (Phi) is 3.81. The molecule has 0 radical (unpaired) electrons. The Hall–Kier alpha value is -1.62. The van der Waals surface area contributed by atoms with Gasteiger partial charge in [-0.3, -0.25) is 14.5 Å². The quantitative estimate of drug-likeness (QED) is 0.815. The molecule has 0 aliphatic carbocycles. The molecule has 1 aromatic rings. The number of hydrogen-bond donors (Lipinski definition) is 0. The maximum atomic E-state index is 11.9. The molecule has 1 unspecified atom stereocenters. The molecule has 0 saturated carbocycles. The van der Waals surface area contributed by atoms with Gasteiger partial charge in [-0.2, -0.15) is 4.99 Å². The second-order valence-electron chi connectivity index (χ2n) is 4.03. The SMILES string of the molecule is CSC1=NC(=O)C(Cc2ccccc2)N1C(C)=O. The van der Waals surface area contributed by atoms with Crippen molar-refractivity contribution in [2.75, 3.05) is 6.26 Å². The van der Waals surface area contributed by atoms with E-state index in [-0.39, 0.29) is 11.8 Å². The third-order valence-corrected chi connectivity index (χ3v) is 3.46. The summed E-state index contributed by atoms with van der Waals surface area (Å²) in [6.45, 7) is 1.46. The first-order valence-electron chi connectivity index (χ1n) is 5.63. The van der Waals surface area contributed by atoms with Gasteiger partial charge in [0.05, 0.1) is 0 Å². The molecule has 0 saturated heterocycles. The summed E-state index contributed by atoms with van der Waals surface area (Å²) in [6, 6.07) is 9.16. The summed E-state index contributed by atoms with van der Waals surface area (Å²) in [6.07, 6.45) is 2.32. The van der Waals surface area contributed by atoms with Crippen LogP contribution in [0.5, 0.6) is 0 Å². The third-order valence-electron chi connectivity index (χ3n) is 2.80. The first-order valence-corrected chi connectivity index (χ1v) is 6.86. The smallest absolute Gasteiger partial charge is 0.271 e. The van der Waals surface area contributed by atoms with Gasteiger partial charge in [-0.15, -0.1) is 0 Å². The van der Waals surface area contributed by atoms with Crippen LogP contribution in [-0.4, -0.2) is 34.2 Å². The zero-order chi connectivity index (χ0) is 13.1. The number of hydrogen-bond acceptors (Lipinski definition) is 3. The fraction of sp³-hybridized carbons (Fsp3) is 0.308. The molecule has 2 amide bonds. The Bertz CT molecular complexity index is 499. The summed E-state index contributed by atoms with van der Waals surface area (Å²) in [7, 11) is 0. The molecule has 1 aliphatic heterocycles. The number of carbonyl (C=O) groups is 2. The van der Waals surface area contributed by atoms with E-state index in [4.69, 9.17) is 0 Å². The van der Waals surface area contributed by atoms with Gasteiger partial charge in [0.15, 0.2) is 5.17 Å². The van der Waals surface area contributed by atoms with Crippen molar-refractivity contribution in [2.24, 2.45) is 4.99 Å². The maximum absolute atomic E-state index is 11.9. The highest BCUT2D eigenvalue weighted by molar-refractivity contribution is 8.13. The lowest BCUT2D eigenvalue weighted by molar-refractivity contribution is -0.131. The topological polar surface area (TPSA) is 49.7 Å². The highest BCUT2D eigenvalue weighted by Crippen LogP contribution is 2.21. The zero-order valence-electron chi connectivity index (χ0n) is 10.3. The maximum Gasteiger partial charge on any atom is 0.271 e. The normalized spacial score (nSPS) is 19.0. The predicted octanol–water partition coefficient (Wildman–Crippen LogP) is 1.71. The minimum absolute atomic E-state index is 0.144. The highest BCUT2D eigenvalue weighted by atomic mass is 32.2. The molecule has 0 N–H and O–H groups in total. The van der Waals surface area contributed by atoms with Crippen LogP contribution < -0.4 is 0 Å². The van der Waals surface area contributed by atoms with Gasteiger partial charge in [0.25, 0.3) is 5.91 Å². The molecule has 1 aliphatic rings. The molecule has 18 heavy (non-hydrogen) atoms. The summed E-state index contributed by atoms with van der Waals surface area (Å²) in [5.74, 6) is -0.381. The molecule has 5 heteroatoms.